The lowest BCUT2D eigenvalue weighted by Crippen LogP contribution is -2.46. The Labute approximate surface area is 86.4 Å². The SMILES string of the molecule is CC[C@H](N)C(=O)NC1CCCC(C)C1. The van der Waals surface area contributed by atoms with Crippen LogP contribution in [0.15, 0.2) is 0 Å². The van der Waals surface area contributed by atoms with Crippen LogP contribution in [0.3, 0.4) is 0 Å². The van der Waals surface area contributed by atoms with Gasteiger partial charge in [0, 0.05) is 6.04 Å². The molecule has 1 rings (SSSR count). The monoisotopic (exact) mass is 198 g/mol. The molecule has 0 heterocycles. The van der Waals surface area contributed by atoms with Crippen molar-refractivity contribution in [1.82, 2.24) is 5.32 Å². The predicted octanol–water partition coefficient (Wildman–Crippen LogP) is 1.42. The summed E-state index contributed by atoms with van der Waals surface area (Å²) in [6, 6.07) is 0.0380. The van der Waals surface area contributed by atoms with Gasteiger partial charge in [0.05, 0.1) is 6.04 Å². The van der Waals surface area contributed by atoms with E-state index >= 15 is 0 Å². The normalized spacial score (nSPS) is 29.6. The maximum atomic E-state index is 11.5. The van der Waals surface area contributed by atoms with Crippen LogP contribution in [-0.2, 0) is 4.79 Å². The highest BCUT2D eigenvalue weighted by molar-refractivity contribution is 5.81. The minimum Gasteiger partial charge on any atom is -0.352 e. The van der Waals surface area contributed by atoms with E-state index in [0.717, 1.165) is 18.8 Å². The number of rotatable bonds is 3. The summed E-state index contributed by atoms with van der Waals surface area (Å²) in [6.45, 7) is 4.19. The second-order valence-corrected chi connectivity index (χ2v) is 4.49. The Morgan fingerprint density at radius 2 is 2.29 bits per heavy atom. The Morgan fingerprint density at radius 3 is 2.86 bits per heavy atom. The molecule has 3 heteroatoms. The average molecular weight is 198 g/mol. The Bertz CT molecular complexity index is 194. The molecule has 0 aromatic heterocycles. The van der Waals surface area contributed by atoms with Crippen molar-refractivity contribution < 1.29 is 4.79 Å². The molecule has 0 saturated heterocycles. The van der Waals surface area contributed by atoms with Crippen molar-refractivity contribution in [3.05, 3.63) is 0 Å². The average Bonchev–Trinajstić information content (AvgIpc) is 2.16. The summed E-state index contributed by atoms with van der Waals surface area (Å²) in [6.07, 6.45) is 5.47. The van der Waals surface area contributed by atoms with E-state index < -0.39 is 0 Å². The van der Waals surface area contributed by atoms with Gasteiger partial charge < -0.3 is 11.1 Å². The van der Waals surface area contributed by atoms with Crippen molar-refractivity contribution in [2.45, 2.75) is 58.0 Å². The lowest BCUT2D eigenvalue weighted by Gasteiger charge is -2.28. The first-order valence-corrected chi connectivity index (χ1v) is 5.69. The van der Waals surface area contributed by atoms with E-state index in [1.54, 1.807) is 0 Å². The number of nitrogens with two attached hydrogens (primary N) is 1. The van der Waals surface area contributed by atoms with E-state index in [-0.39, 0.29) is 11.9 Å². The highest BCUT2D eigenvalue weighted by atomic mass is 16.2. The standard InChI is InChI=1S/C11H22N2O/c1-3-10(12)11(14)13-9-6-4-5-8(2)7-9/h8-10H,3-7,12H2,1-2H3,(H,13,14)/t8?,9?,10-/m0/s1. The first-order valence-electron chi connectivity index (χ1n) is 5.69. The second kappa shape index (κ2) is 5.35. The van der Waals surface area contributed by atoms with Crippen LogP contribution in [-0.4, -0.2) is 18.0 Å². The quantitative estimate of drug-likeness (QED) is 0.720. The summed E-state index contributed by atoms with van der Waals surface area (Å²) < 4.78 is 0. The summed E-state index contributed by atoms with van der Waals surface area (Å²) in [4.78, 5) is 11.5. The molecule has 0 bridgehead atoms. The van der Waals surface area contributed by atoms with E-state index in [4.69, 9.17) is 5.73 Å². The van der Waals surface area contributed by atoms with E-state index in [1.165, 1.54) is 12.8 Å². The van der Waals surface area contributed by atoms with Gasteiger partial charge in [-0.1, -0.05) is 26.7 Å². The molecule has 1 saturated carbocycles. The lowest BCUT2D eigenvalue weighted by molar-refractivity contribution is -0.123. The first kappa shape index (κ1) is 11.5. The van der Waals surface area contributed by atoms with Gasteiger partial charge in [-0.2, -0.15) is 0 Å². The molecule has 0 radical (unpaired) electrons. The molecule has 0 aliphatic heterocycles. The number of nitrogens with one attached hydrogen (secondary N) is 1. The van der Waals surface area contributed by atoms with Crippen molar-refractivity contribution in [2.24, 2.45) is 11.7 Å². The fourth-order valence-electron chi connectivity index (χ4n) is 2.06. The van der Waals surface area contributed by atoms with E-state index in [0.29, 0.717) is 12.5 Å². The molecule has 1 aliphatic rings. The minimum absolute atomic E-state index is 0.0200. The van der Waals surface area contributed by atoms with Crippen molar-refractivity contribution in [3.63, 3.8) is 0 Å². The maximum Gasteiger partial charge on any atom is 0.237 e. The van der Waals surface area contributed by atoms with Gasteiger partial charge in [0.2, 0.25) is 5.91 Å². The summed E-state index contributed by atoms with van der Waals surface area (Å²) >= 11 is 0. The van der Waals surface area contributed by atoms with E-state index in [9.17, 15) is 4.79 Å². The third-order valence-electron chi connectivity index (χ3n) is 3.06. The summed E-state index contributed by atoms with van der Waals surface area (Å²) in [5.74, 6) is 0.763. The smallest absolute Gasteiger partial charge is 0.237 e. The van der Waals surface area contributed by atoms with Gasteiger partial charge >= 0.3 is 0 Å². The van der Waals surface area contributed by atoms with Gasteiger partial charge in [0.1, 0.15) is 0 Å². The first-order chi connectivity index (χ1) is 6.63. The van der Waals surface area contributed by atoms with Crippen molar-refractivity contribution in [1.29, 1.82) is 0 Å². The van der Waals surface area contributed by atoms with Gasteiger partial charge in [-0.05, 0) is 25.2 Å². The molecular weight excluding hydrogens is 176 g/mol. The van der Waals surface area contributed by atoms with Gasteiger partial charge in [-0.15, -0.1) is 0 Å². The van der Waals surface area contributed by atoms with Gasteiger partial charge in [-0.25, -0.2) is 0 Å². The molecule has 3 nitrogen and oxygen atoms in total. The molecule has 1 fully saturated rings. The number of carbonyl (C=O) groups is 1. The fraction of sp³-hybridized carbons (Fsp3) is 0.909. The molecule has 2 unspecified atom stereocenters. The zero-order valence-corrected chi connectivity index (χ0v) is 9.25. The van der Waals surface area contributed by atoms with Crippen LogP contribution in [0, 0.1) is 5.92 Å². The third kappa shape index (κ3) is 3.29. The zero-order chi connectivity index (χ0) is 10.6. The summed E-state index contributed by atoms with van der Waals surface area (Å²) in [5, 5.41) is 3.04. The summed E-state index contributed by atoms with van der Waals surface area (Å²) in [7, 11) is 0. The molecule has 0 spiro atoms. The van der Waals surface area contributed by atoms with Crippen LogP contribution in [0.2, 0.25) is 0 Å². The van der Waals surface area contributed by atoms with E-state index in [1.807, 2.05) is 6.92 Å². The molecule has 82 valence electrons. The topological polar surface area (TPSA) is 55.1 Å². The molecule has 1 amide bonds. The molecule has 0 aromatic carbocycles. The Kier molecular flexibility index (Phi) is 4.39. The van der Waals surface area contributed by atoms with Crippen LogP contribution in [0.25, 0.3) is 0 Å². The van der Waals surface area contributed by atoms with Gasteiger partial charge in [-0.3, -0.25) is 4.79 Å². The Balaban J connectivity index is 2.32. The van der Waals surface area contributed by atoms with Crippen molar-refractivity contribution in [2.75, 3.05) is 0 Å². The van der Waals surface area contributed by atoms with Crippen LogP contribution < -0.4 is 11.1 Å². The van der Waals surface area contributed by atoms with E-state index in [2.05, 4.69) is 12.2 Å². The largest absolute Gasteiger partial charge is 0.352 e. The lowest BCUT2D eigenvalue weighted by atomic mass is 9.87. The van der Waals surface area contributed by atoms with Crippen LogP contribution >= 0.6 is 0 Å². The third-order valence-corrected chi connectivity index (χ3v) is 3.06. The van der Waals surface area contributed by atoms with Crippen molar-refractivity contribution in [3.8, 4) is 0 Å². The summed E-state index contributed by atoms with van der Waals surface area (Å²) in [5.41, 5.74) is 5.66. The molecule has 14 heavy (non-hydrogen) atoms. The van der Waals surface area contributed by atoms with Crippen LogP contribution in [0.1, 0.15) is 46.0 Å². The van der Waals surface area contributed by atoms with Gasteiger partial charge in [0.25, 0.3) is 0 Å². The molecule has 1 aliphatic carbocycles. The molecule has 3 atom stereocenters. The second-order valence-electron chi connectivity index (χ2n) is 4.49. The molecule has 0 aromatic rings. The molecular formula is C11H22N2O. The molecule has 3 N–H and O–H groups in total. The Hall–Kier alpha value is -0.570. The van der Waals surface area contributed by atoms with Crippen LogP contribution in [0.5, 0.6) is 0 Å². The highest BCUT2D eigenvalue weighted by Crippen LogP contribution is 2.23. The highest BCUT2D eigenvalue weighted by Gasteiger charge is 2.21. The predicted molar refractivity (Wildman–Crippen MR) is 57.8 cm³/mol. The number of hydrogen-bond acceptors (Lipinski definition) is 2. The number of carbonyl (C=O) groups excluding carboxylic acids is 1. The number of amides is 1. The maximum absolute atomic E-state index is 11.5. The van der Waals surface area contributed by atoms with Gasteiger partial charge in [0.15, 0.2) is 0 Å². The Morgan fingerprint density at radius 1 is 1.57 bits per heavy atom. The zero-order valence-electron chi connectivity index (χ0n) is 9.25. The fourth-order valence-corrected chi connectivity index (χ4v) is 2.06. The minimum atomic E-state index is -0.327. The van der Waals surface area contributed by atoms with Crippen molar-refractivity contribution >= 4 is 5.91 Å². The number of hydrogen-bond donors (Lipinski definition) is 2. The van der Waals surface area contributed by atoms with Crippen LogP contribution in [0.4, 0.5) is 0 Å².